The predicted octanol–water partition coefficient (Wildman–Crippen LogP) is 2.07. The minimum absolute atomic E-state index is 0.138. The van der Waals surface area contributed by atoms with Crippen molar-refractivity contribution in [1.29, 1.82) is 0 Å². The second-order valence-electron chi connectivity index (χ2n) is 5.94. The van der Waals surface area contributed by atoms with Gasteiger partial charge in [0, 0.05) is 12.1 Å². The van der Waals surface area contributed by atoms with Gasteiger partial charge in [0.1, 0.15) is 0 Å². The van der Waals surface area contributed by atoms with Crippen LogP contribution >= 0.6 is 0 Å². The Morgan fingerprint density at radius 1 is 1.21 bits per heavy atom. The molecule has 2 atom stereocenters. The topological polar surface area (TPSA) is 35.2 Å². The van der Waals surface area contributed by atoms with E-state index >= 15 is 0 Å². The first-order valence-electron chi connectivity index (χ1n) is 6.06. The highest BCUT2D eigenvalue weighted by Crippen LogP contribution is 2.57. The second kappa shape index (κ2) is 2.73. The Morgan fingerprint density at radius 2 is 1.86 bits per heavy atom. The molecule has 4 rings (SSSR count). The van der Waals surface area contributed by atoms with Gasteiger partial charge in [0.2, 0.25) is 0 Å². The molecule has 0 radical (unpaired) electrons. The van der Waals surface area contributed by atoms with Crippen LogP contribution in [-0.4, -0.2) is 17.7 Å². The first-order valence-corrected chi connectivity index (χ1v) is 6.06. The smallest absolute Gasteiger partial charge is 0.0705 e. The molecule has 4 fully saturated rings. The van der Waals surface area contributed by atoms with Gasteiger partial charge in [0.15, 0.2) is 0 Å². The molecule has 0 amide bonds. The summed E-state index contributed by atoms with van der Waals surface area (Å²) in [7, 11) is 0. The summed E-state index contributed by atoms with van der Waals surface area (Å²) < 4.78 is 6.03. The third-order valence-corrected chi connectivity index (χ3v) is 4.50. The zero-order valence-electron chi connectivity index (χ0n) is 9.09. The average molecular weight is 195 g/mol. The number of hydrogen-bond donors (Lipinski definition) is 1. The predicted molar refractivity (Wildman–Crippen MR) is 56.0 cm³/mol. The number of ether oxygens (including phenoxy) is 1. The van der Waals surface area contributed by atoms with E-state index in [-0.39, 0.29) is 11.1 Å². The second-order valence-corrected chi connectivity index (χ2v) is 5.94. The fraction of sp³-hybridized carbons (Fsp3) is 1.00. The Labute approximate surface area is 86.2 Å². The van der Waals surface area contributed by atoms with Crippen LogP contribution in [0.4, 0.5) is 0 Å². The highest BCUT2D eigenvalue weighted by atomic mass is 16.5. The van der Waals surface area contributed by atoms with E-state index < -0.39 is 0 Å². The lowest BCUT2D eigenvalue weighted by Crippen LogP contribution is -2.63. The van der Waals surface area contributed by atoms with Crippen molar-refractivity contribution in [3.05, 3.63) is 0 Å². The lowest BCUT2D eigenvalue weighted by Gasteiger charge is -2.60. The van der Waals surface area contributed by atoms with Crippen molar-refractivity contribution in [2.75, 3.05) is 6.61 Å². The van der Waals surface area contributed by atoms with Crippen LogP contribution in [0.15, 0.2) is 0 Å². The molecular formula is C12H21NO. The van der Waals surface area contributed by atoms with E-state index in [1.54, 1.807) is 0 Å². The molecule has 0 aliphatic heterocycles. The zero-order valence-corrected chi connectivity index (χ0v) is 9.09. The van der Waals surface area contributed by atoms with Crippen LogP contribution in [0.25, 0.3) is 0 Å². The summed E-state index contributed by atoms with van der Waals surface area (Å²) in [6, 6.07) is 0. The lowest BCUT2D eigenvalue weighted by atomic mass is 9.51. The molecule has 4 saturated carbocycles. The minimum atomic E-state index is 0.138. The summed E-state index contributed by atoms with van der Waals surface area (Å²) in [5, 5.41) is 0. The van der Waals surface area contributed by atoms with E-state index in [2.05, 4.69) is 6.92 Å². The van der Waals surface area contributed by atoms with E-state index in [0.29, 0.717) is 0 Å². The Bertz CT molecular complexity index is 237. The summed E-state index contributed by atoms with van der Waals surface area (Å²) in [6.07, 6.45) is 7.65. The van der Waals surface area contributed by atoms with Crippen molar-refractivity contribution in [3.63, 3.8) is 0 Å². The molecule has 14 heavy (non-hydrogen) atoms. The van der Waals surface area contributed by atoms with Crippen LogP contribution in [0.1, 0.15) is 45.4 Å². The summed E-state index contributed by atoms with van der Waals surface area (Å²) in [6.45, 7) is 2.97. The molecule has 0 aromatic carbocycles. The van der Waals surface area contributed by atoms with Gasteiger partial charge in [-0.25, -0.2) is 0 Å². The van der Waals surface area contributed by atoms with Gasteiger partial charge in [-0.05, 0) is 57.3 Å². The molecule has 0 heterocycles. The van der Waals surface area contributed by atoms with Crippen LogP contribution in [0.5, 0.6) is 0 Å². The molecule has 0 aromatic heterocycles. The van der Waals surface area contributed by atoms with Gasteiger partial charge >= 0.3 is 0 Å². The number of hydrogen-bond acceptors (Lipinski definition) is 2. The van der Waals surface area contributed by atoms with Crippen molar-refractivity contribution < 1.29 is 4.74 Å². The van der Waals surface area contributed by atoms with Gasteiger partial charge in [-0.3, -0.25) is 0 Å². The molecular weight excluding hydrogens is 174 g/mol. The summed E-state index contributed by atoms with van der Waals surface area (Å²) in [4.78, 5) is 0. The molecule has 0 saturated heterocycles. The normalized spacial score (nSPS) is 55.3. The fourth-order valence-electron chi connectivity index (χ4n) is 4.72. The van der Waals surface area contributed by atoms with Crippen molar-refractivity contribution >= 4 is 0 Å². The molecule has 2 nitrogen and oxygen atoms in total. The standard InChI is InChI=1S/C12H21NO/c1-2-14-12-6-9-3-10(7-12)5-11(13,4-9)8-12/h9-10H,2-8,13H2,1H3. The zero-order chi connectivity index (χ0) is 9.81. The van der Waals surface area contributed by atoms with Gasteiger partial charge in [0.05, 0.1) is 5.60 Å². The monoisotopic (exact) mass is 195 g/mol. The fourth-order valence-corrected chi connectivity index (χ4v) is 4.72. The summed E-state index contributed by atoms with van der Waals surface area (Å²) in [5.74, 6) is 1.74. The average Bonchev–Trinajstić information content (AvgIpc) is 1.97. The molecule has 4 bridgehead atoms. The van der Waals surface area contributed by atoms with Gasteiger partial charge in [-0.15, -0.1) is 0 Å². The molecule has 0 spiro atoms. The van der Waals surface area contributed by atoms with Crippen LogP contribution in [0, 0.1) is 11.8 Å². The quantitative estimate of drug-likeness (QED) is 0.732. The summed E-state index contributed by atoms with van der Waals surface area (Å²) >= 11 is 0. The van der Waals surface area contributed by atoms with E-state index in [1.165, 1.54) is 32.1 Å². The maximum Gasteiger partial charge on any atom is 0.0705 e. The first-order chi connectivity index (χ1) is 6.63. The lowest BCUT2D eigenvalue weighted by molar-refractivity contribution is -0.166. The Kier molecular flexibility index (Phi) is 1.79. The number of rotatable bonds is 2. The highest BCUT2D eigenvalue weighted by Gasteiger charge is 2.56. The molecule has 80 valence electrons. The molecule has 2 N–H and O–H groups in total. The third kappa shape index (κ3) is 1.24. The maximum atomic E-state index is 6.46. The SMILES string of the molecule is CCOC12CC3CC(CC(N)(C3)C1)C2. The first kappa shape index (κ1) is 9.17. The van der Waals surface area contributed by atoms with Crippen molar-refractivity contribution in [3.8, 4) is 0 Å². The van der Waals surface area contributed by atoms with Crippen LogP contribution in [0.2, 0.25) is 0 Å². The highest BCUT2D eigenvalue weighted by molar-refractivity contribution is 5.11. The van der Waals surface area contributed by atoms with Gasteiger partial charge < -0.3 is 10.5 Å². The van der Waals surface area contributed by atoms with Crippen molar-refractivity contribution in [2.45, 2.75) is 56.6 Å². The minimum Gasteiger partial charge on any atom is -0.375 e. The van der Waals surface area contributed by atoms with Crippen LogP contribution < -0.4 is 5.73 Å². The van der Waals surface area contributed by atoms with E-state index in [0.717, 1.165) is 24.9 Å². The Hall–Kier alpha value is -0.0800. The van der Waals surface area contributed by atoms with Gasteiger partial charge in [-0.2, -0.15) is 0 Å². The summed E-state index contributed by atoms with van der Waals surface area (Å²) in [5.41, 5.74) is 6.78. The largest absolute Gasteiger partial charge is 0.375 e. The van der Waals surface area contributed by atoms with E-state index in [9.17, 15) is 0 Å². The van der Waals surface area contributed by atoms with E-state index in [4.69, 9.17) is 10.5 Å². The maximum absolute atomic E-state index is 6.46. The van der Waals surface area contributed by atoms with Crippen molar-refractivity contribution in [2.24, 2.45) is 17.6 Å². The Morgan fingerprint density at radius 3 is 2.36 bits per heavy atom. The molecule has 4 aliphatic rings. The molecule has 2 heteroatoms. The molecule has 2 unspecified atom stereocenters. The molecule has 0 aromatic rings. The molecule has 4 aliphatic carbocycles. The van der Waals surface area contributed by atoms with Gasteiger partial charge in [-0.1, -0.05) is 0 Å². The Balaban J connectivity index is 1.89. The van der Waals surface area contributed by atoms with Gasteiger partial charge in [0.25, 0.3) is 0 Å². The number of nitrogens with two attached hydrogens (primary N) is 1. The van der Waals surface area contributed by atoms with Crippen LogP contribution in [0.3, 0.4) is 0 Å². The third-order valence-electron chi connectivity index (χ3n) is 4.50. The van der Waals surface area contributed by atoms with Crippen molar-refractivity contribution in [1.82, 2.24) is 0 Å². The van der Waals surface area contributed by atoms with E-state index in [1.807, 2.05) is 0 Å². The van der Waals surface area contributed by atoms with Crippen LogP contribution in [-0.2, 0) is 4.74 Å².